The lowest BCUT2D eigenvalue weighted by atomic mass is 9.46. The lowest BCUT2D eigenvalue weighted by Crippen LogP contribution is -2.49. The number of fused-ring (bicyclic) bond motifs is 1. The largest absolute Gasteiger partial charge is 0.508 e. The van der Waals surface area contributed by atoms with Crippen LogP contribution in [0.3, 0.4) is 0 Å². The van der Waals surface area contributed by atoms with Crippen molar-refractivity contribution in [3.8, 4) is 28.7 Å². The minimum Gasteiger partial charge on any atom is -0.508 e. The standard InChI is InChI=1S/C15H16B2O6/c16-15(17)12-10(21)4-7(18)5-11(12)23-13(14(15)22)6-1-2-8(19)9(20)3-6/h1-5,13-14,18-22H,16-17H2/t13-,14+/m1/s1. The fourth-order valence-electron chi connectivity index (χ4n) is 3.02. The fraction of sp³-hybridized carbons (Fsp3) is 0.200. The van der Waals surface area contributed by atoms with Crippen molar-refractivity contribution in [2.45, 2.75) is 17.4 Å². The average Bonchev–Trinajstić information content (AvgIpc) is 2.45. The molecule has 2 aromatic carbocycles. The molecule has 2 atom stereocenters. The molecule has 1 aliphatic heterocycles. The predicted molar refractivity (Wildman–Crippen MR) is 87.7 cm³/mol. The van der Waals surface area contributed by atoms with E-state index in [0.29, 0.717) is 11.1 Å². The van der Waals surface area contributed by atoms with Gasteiger partial charge < -0.3 is 30.3 Å². The van der Waals surface area contributed by atoms with Gasteiger partial charge in [-0.05, 0) is 22.9 Å². The second kappa shape index (κ2) is 5.03. The molecular formula is C15H16B2O6. The maximum absolute atomic E-state index is 10.7. The Morgan fingerprint density at radius 3 is 2.26 bits per heavy atom. The summed E-state index contributed by atoms with van der Waals surface area (Å²) < 4.78 is 5.76. The van der Waals surface area contributed by atoms with Crippen LogP contribution in [0.15, 0.2) is 30.3 Å². The molecule has 0 bridgehead atoms. The molecule has 2 aromatic rings. The van der Waals surface area contributed by atoms with Gasteiger partial charge in [-0.25, -0.2) is 0 Å². The summed E-state index contributed by atoms with van der Waals surface area (Å²) in [6.45, 7) is 0. The summed E-state index contributed by atoms with van der Waals surface area (Å²) in [5, 5.41) is 48.7. The lowest BCUT2D eigenvalue weighted by molar-refractivity contribution is 0.00556. The van der Waals surface area contributed by atoms with E-state index in [9.17, 15) is 25.5 Å². The molecule has 0 saturated heterocycles. The van der Waals surface area contributed by atoms with Crippen LogP contribution in [-0.2, 0) is 5.21 Å². The molecule has 5 N–H and O–H groups in total. The van der Waals surface area contributed by atoms with Crippen LogP contribution in [-0.4, -0.2) is 47.3 Å². The Kier molecular flexibility index (Phi) is 3.37. The number of aliphatic hydroxyl groups is 1. The number of aliphatic hydroxyl groups excluding tert-OH is 1. The van der Waals surface area contributed by atoms with Gasteiger partial charge in [0.05, 0.1) is 6.10 Å². The topological polar surface area (TPSA) is 110 Å². The van der Waals surface area contributed by atoms with Gasteiger partial charge in [-0.3, -0.25) is 0 Å². The SMILES string of the molecule is BC1(B)c2c(O)cc(O)cc2O[C@H](c2ccc(O)c(O)c2)[C@@H]1O. The zero-order valence-electron chi connectivity index (χ0n) is 12.7. The number of rotatable bonds is 1. The van der Waals surface area contributed by atoms with Crippen LogP contribution in [0, 0.1) is 0 Å². The van der Waals surface area contributed by atoms with Gasteiger partial charge in [0, 0.05) is 17.7 Å². The summed E-state index contributed by atoms with van der Waals surface area (Å²) >= 11 is 0. The van der Waals surface area contributed by atoms with E-state index in [4.69, 9.17) is 4.74 Å². The van der Waals surface area contributed by atoms with Crippen LogP contribution in [0.4, 0.5) is 0 Å². The Morgan fingerprint density at radius 1 is 0.913 bits per heavy atom. The third-order valence-electron chi connectivity index (χ3n) is 4.32. The summed E-state index contributed by atoms with van der Waals surface area (Å²) in [7, 11) is 3.51. The molecule has 0 unspecified atom stereocenters. The van der Waals surface area contributed by atoms with E-state index >= 15 is 0 Å². The number of phenols is 4. The Balaban J connectivity index is 2.13. The molecule has 3 rings (SSSR count). The first-order chi connectivity index (χ1) is 10.7. The molecule has 118 valence electrons. The van der Waals surface area contributed by atoms with E-state index in [-0.39, 0.29) is 28.7 Å². The highest BCUT2D eigenvalue weighted by Gasteiger charge is 2.45. The highest BCUT2D eigenvalue weighted by atomic mass is 16.5. The minimum absolute atomic E-state index is 0.152. The Bertz CT molecular complexity index is 777. The number of benzene rings is 2. The molecule has 0 aliphatic carbocycles. The number of aromatic hydroxyl groups is 4. The number of hydrogen-bond acceptors (Lipinski definition) is 6. The van der Waals surface area contributed by atoms with Gasteiger partial charge in [0.15, 0.2) is 11.5 Å². The van der Waals surface area contributed by atoms with Gasteiger partial charge in [-0.1, -0.05) is 6.07 Å². The maximum Gasteiger partial charge on any atom is 0.157 e. The fourth-order valence-corrected chi connectivity index (χ4v) is 3.02. The summed E-state index contributed by atoms with van der Waals surface area (Å²) in [5.41, 5.74) is 0.872. The number of hydrogen-bond donors (Lipinski definition) is 5. The maximum atomic E-state index is 10.7. The molecule has 0 aromatic heterocycles. The zero-order chi connectivity index (χ0) is 16.9. The Labute approximate surface area is 134 Å². The molecule has 0 amide bonds. The normalized spacial score (nSPS) is 22.1. The van der Waals surface area contributed by atoms with Crippen LogP contribution in [0.1, 0.15) is 17.2 Å². The van der Waals surface area contributed by atoms with Gasteiger partial charge in [0.25, 0.3) is 0 Å². The van der Waals surface area contributed by atoms with Crippen molar-refractivity contribution in [3.63, 3.8) is 0 Å². The van der Waals surface area contributed by atoms with Crippen molar-refractivity contribution in [1.29, 1.82) is 0 Å². The number of phenolic OH excluding ortho intramolecular Hbond substituents is 4. The molecule has 1 aliphatic rings. The van der Waals surface area contributed by atoms with Crippen LogP contribution in [0.2, 0.25) is 0 Å². The molecular weight excluding hydrogens is 298 g/mol. The first-order valence-corrected chi connectivity index (χ1v) is 7.15. The second-order valence-electron chi connectivity index (χ2n) is 6.29. The monoisotopic (exact) mass is 314 g/mol. The third kappa shape index (κ3) is 2.35. The van der Waals surface area contributed by atoms with E-state index < -0.39 is 17.4 Å². The predicted octanol–water partition coefficient (Wildman–Crippen LogP) is -0.577. The first kappa shape index (κ1) is 15.4. The average molecular weight is 314 g/mol. The molecule has 0 saturated carbocycles. The van der Waals surface area contributed by atoms with E-state index in [2.05, 4.69) is 0 Å². The molecule has 8 heteroatoms. The quantitative estimate of drug-likeness (QED) is 0.356. The second-order valence-corrected chi connectivity index (χ2v) is 6.29. The molecule has 0 radical (unpaired) electrons. The zero-order valence-corrected chi connectivity index (χ0v) is 12.7. The summed E-state index contributed by atoms with van der Waals surface area (Å²) in [5.74, 6) is -0.637. The summed E-state index contributed by atoms with van der Waals surface area (Å²) in [6, 6.07) is 6.72. The van der Waals surface area contributed by atoms with Crippen LogP contribution < -0.4 is 4.74 Å². The van der Waals surface area contributed by atoms with Gasteiger partial charge in [0.1, 0.15) is 39.0 Å². The van der Waals surface area contributed by atoms with Gasteiger partial charge in [-0.15, -0.1) is 0 Å². The van der Waals surface area contributed by atoms with E-state index in [1.165, 1.54) is 30.3 Å². The molecule has 1 heterocycles. The van der Waals surface area contributed by atoms with Crippen molar-refractivity contribution in [2.75, 3.05) is 0 Å². The Morgan fingerprint density at radius 2 is 1.61 bits per heavy atom. The highest BCUT2D eigenvalue weighted by molar-refractivity contribution is 6.41. The third-order valence-corrected chi connectivity index (χ3v) is 4.32. The van der Waals surface area contributed by atoms with Crippen LogP contribution in [0.25, 0.3) is 0 Å². The minimum atomic E-state index is -1.02. The summed E-state index contributed by atoms with van der Waals surface area (Å²) in [6.07, 6.45) is -1.85. The Hall–Kier alpha value is -2.47. The molecule has 0 spiro atoms. The van der Waals surface area contributed by atoms with Crippen molar-refractivity contribution < 1.29 is 30.3 Å². The van der Waals surface area contributed by atoms with Crippen molar-refractivity contribution >= 4 is 15.7 Å². The molecule has 6 nitrogen and oxygen atoms in total. The number of ether oxygens (including phenoxy) is 1. The highest BCUT2D eigenvalue weighted by Crippen LogP contribution is 2.48. The van der Waals surface area contributed by atoms with Crippen LogP contribution >= 0.6 is 0 Å². The van der Waals surface area contributed by atoms with Crippen molar-refractivity contribution in [2.24, 2.45) is 0 Å². The van der Waals surface area contributed by atoms with Crippen molar-refractivity contribution in [1.82, 2.24) is 0 Å². The van der Waals surface area contributed by atoms with Crippen molar-refractivity contribution in [3.05, 3.63) is 41.5 Å². The van der Waals surface area contributed by atoms with Gasteiger partial charge in [-0.2, -0.15) is 0 Å². The van der Waals surface area contributed by atoms with E-state index in [1.54, 1.807) is 15.7 Å². The first-order valence-electron chi connectivity index (χ1n) is 7.15. The molecule has 23 heavy (non-hydrogen) atoms. The summed E-state index contributed by atoms with van der Waals surface area (Å²) in [4.78, 5) is 0. The molecule has 0 fully saturated rings. The van der Waals surface area contributed by atoms with E-state index in [1.807, 2.05) is 0 Å². The lowest BCUT2D eigenvalue weighted by Gasteiger charge is -2.43. The smallest absolute Gasteiger partial charge is 0.157 e. The van der Waals surface area contributed by atoms with E-state index in [0.717, 1.165) is 0 Å². The van der Waals surface area contributed by atoms with Crippen LogP contribution in [0.5, 0.6) is 28.7 Å². The van der Waals surface area contributed by atoms with Gasteiger partial charge in [0.2, 0.25) is 0 Å². The van der Waals surface area contributed by atoms with Gasteiger partial charge >= 0.3 is 0 Å².